The van der Waals surface area contributed by atoms with E-state index in [2.05, 4.69) is 54.3 Å². The van der Waals surface area contributed by atoms with Gasteiger partial charge >= 0.3 is 0 Å². The van der Waals surface area contributed by atoms with Crippen LogP contribution in [0.5, 0.6) is 23.0 Å². The minimum atomic E-state index is 0.127. The summed E-state index contributed by atoms with van der Waals surface area (Å²) in [6.07, 6.45) is 12.3. The minimum absolute atomic E-state index is 0.127. The molecule has 1 aromatic heterocycles. The molecule has 0 spiro atoms. The highest BCUT2D eigenvalue weighted by molar-refractivity contribution is 5.44. The zero-order valence-electron chi connectivity index (χ0n) is 21.7. The van der Waals surface area contributed by atoms with Crippen LogP contribution in [0.3, 0.4) is 0 Å². The van der Waals surface area contributed by atoms with Gasteiger partial charge in [-0.1, -0.05) is 12.1 Å². The third-order valence-electron chi connectivity index (χ3n) is 7.53. The van der Waals surface area contributed by atoms with Crippen molar-refractivity contribution in [1.29, 1.82) is 0 Å². The average Bonchev–Trinajstić information content (AvgIpc) is 2.90. The molecule has 1 heterocycles. The molecule has 0 aliphatic heterocycles. The standard InChI is InChI=1S/C30H38NO4/c1-31-18-14-25-24(21-31)7-6-15-30(25,16-12-22-8-10-26(32-2)28(19-22)34-4)17-13-23-9-11-27(33-3)29(20-23)35-5/h8-11,14,18-21H,6-7,12-13,15-17H2,1-5H3/q+1. The van der Waals surface area contributed by atoms with Gasteiger partial charge in [0, 0.05) is 11.6 Å². The molecule has 5 heteroatoms. The van der Waals surface area contributed by atoms with E-state index in [0.717, 1.165) is 55.1 Å². The fraction of sp³-hybridized carbons (Fsp3) is 0.433. The van der Waals surface area contributed by atoms with Crippen molar-refractivity contribution in [2.75, 3.05) is 28.4 Å². The summed E-state index contributed by atoms with van der Waals surface area (Å²) in [5, 5.41) is 0. The van der Waals surface area contributed by atoms with Crippen LogP contribution < -0.4 is 23.5 Å². The predicted octanol–water partition coefficient (Wildman–Crippen LogP) is 5.39. The Kier molecular flexibility index (Phi) is 7.84. The molecule has 0 unspecified atom stereocenters. The Morgan fingerprint density at radius 3 is 1.80 bits per heavy atom. The first kappa shape index (κ1) is 24.9. The van der Waals surface area contributed by atoms with Crippen LogP contribution in [-0.2, 0) is 31.7 Å². The second-order valence-corrected chi connectivity index (χ2v) is 9.56. The van der Waals surface area contributed by atoms with Crippen LogP contribution in [0.4, 0.5) is 0 Å². The van der Waals surface area contributed by atoms with Crippen molar-refractivity contribution >= 4 is 0 Å². The number of methoxy groups -OCH3 is 4. The van der Waals surface area contributed by atoms with Crippen LogP contribution >= 0.6 is 0 Å². The summed E-state index contributed by atoms with van der Waals surface area (Å²) in [6.45, 7) is 0. The SMILES string of the molecule is COc1ccc(CCC2(CCc3ccc(OC)c(OC)c3)CCCc3c[n+](C)ccc32)cc1OC. The Hall–Kier alpha value is -3.21. The molecular weight excluding hydrogens is 438 g/mol. The predicted molar refractivity (Wildman–Crippen MR) is 138 cm³/mol. The average molecular weight is 477 g/mol. The monoisotopic (exact) mass is 476 g/mol. The Morgan fingerprint density at radius 1 is 0.743 bits per heavy atom. The molecule has 0 radical (unpaired) electrons. The van der Waals surface area contributed by atoms with E-state index in [1.807, 2.05) is 12.1 Å². The van der Waals surface area contributed by atoms with Crippen molar-refractivity contribution < 1.29 is 23.5 Å². The Labute approximate surface area is 209 Å². The van der Waals surface area contributed by atoms with E-state index < -0.39 is 0 Å². The maximum absolute atomic E-state index is 5.56. The Balaban J connectivity index is 1.63. The van der Waals surface area contributed by atoms with Crippen molar-refractivity contribution in [2.24, 2.45) is 7.05 Å². The maximum Gasteiger partial charge on any atom is 0.172 e. The lowest BCUT2D eigenvalue weighted by Gasteiger charge is -2.39. The van der Waals surface area contributed by atoms with Gasteiger partial charge in [-0.2, -0.15) is 0 Å². The zero-order chi connectivity index (χ0) is 24.8. The Bertz CT molecular complexity index is 1100. The summed E-state index contributed by atoms with van der Waals surface area (Å²) in [5.41, 5.74) is 5.69. The largest absolute Gasteiger partial charge is 0.493 e. The third kappa shape index (κ3) is 5.39. The second-order valence-electron chi connectivity index (χ2n) is 9.56. The molecule has 0 bridgehead atoms. The number of hydrogen-bond acceptors (Lipinski definition) is 4. The van der Waals surface area contributed by atoms with E-state index in [0.29, 0.717) is 0 Å². The molecule has 0 N–H and O–H groups in total. The molecule has 0 amide bonds. The molecule has 0 saturated heterocycles. The summed E-state index contributed by atoms with van der Waals surface area (Å²) in [4.78, 5) is 0. The fourth-order valence-corrected chi connectivity index (χ4v) is 5.61. The summed E-state index contributed by atoms with van der Waals surface area (Å²) in [7, 11) is 8.87. The van der Waals surface area contributed by atoms with Gasteiger partial charge in [-0.25, -0.2) is 4.57 Å². The van der Waals surface area contributed by atoms with Crippen LogP contribution in [0.2, 0.25) is 0 Å². The molecular formula is C30H38NO4+. The molecule has 1 aliphatic rings. The summed E-state index contributed by atoms with van der Waals surface area (Å²) >= 11 is 0. The van der Waals surface area contributed by atoms with Crippen LogP contribution in [0.1, 0.15) is 47.9 Å². The van der Waals surface area contributed by atoms with Gasteiger partial charge in [-0.3, -0.25) is 0 Å². The number of ether oxygens (including phenoxy) is 4. The van der Waals surface area contributed by atoms with E-state index >= 15 is 0 Å². The lowest BCUT2D eigenvalue weighted by Crippen LogP contribution is -2.36. The molecule has 0 atom stereocenters. The summed E-state index contributed by atoms with van der Waals surface area (Å²) in [5.74, 6) is 3.13. The van der Waals surface area contributed by atoms with E-state index in [4.69, 9.17) is 18.9 Å². The highest BCUT2D eigenvalue weighted by Crippen LogP contribution is 2.44. The fourth-order valence-electron chi connectivity index (χ4n) is 5.61. The topological polar surface area (TPSA) is 40.8 Å². The van der Waals surface area contributed by atoms with Gasteiger partial charge in [0.2, 0.25) is 0 Å². The van der Waals surface area contributed by atoms with Crippen LogP contribution in [0.25, 0.3) is 0 Å². The highest BCUT2D eigenvalue weighted by Gasteiger charge is 2.37. The van der Waals surface area contributed by atoms with Crippen molar-refractivity contribution in [3.8, 4) is 23.0 Å². The maximum atomic E-state index is 5.56. The molecule has 3 aromatic rings. The number of aromatic nitrogens is 1. The zero-order valence-corrected chi connectivity index (χ0v) is 21.7. The number of hydrogen-bond donors (Lipinski definition) is 0. The normalized spacial score (nSPS) is 14.2. The van der Waals surface area contributed by atoms with Gasteiger partial charge in [0.15, 0.2) is 35.4 Å². The van der Waals surface area contributed by atoms with E-state index in [-0.39, 0.29) is 5.41 Å². The number of nitrogens with zero attached hydrogens (tertiary/aromatic N) is 1. The number of benzene rings is 2. The lowest BCUT2D eigenvalue weighted by atomic mass is 9.65. The lowest BCUT2D eigenvalue weighted by molar-refractivity contribution is -0.672. The molecule has 0 fully saturated rings. The summed E-state index contributed by atoms with van der Waals surface area (Å²) < 4.78 is 24.2. The first-order chi connectivity index (χ1) is 17.0. The molecule has 186 valence electrons. The third-order valence-corrected chi connectivity index (χ3v) is 7.53. The van der Waals surface area contributed by atoms with Crippen molar-refractivity contribution in [3.63, 3.8) is 0 Å². The smallest absolute Gasteiger partial charge is 0.172 e. The first-order valence-corrected chi connectivity index (χ1v) is 12.4. The second kappa shape index (κ2) is 11.0. The van der Waals surface area contributed by atoms with Crippen molar-refractivity contribution in [1.82, 2.24) is 0 Å². The molecule has 2 aromatic carbocycles. The van der Waals surface area contributed by atoms with Gasteiger partial charge in [-0.15, -0.1) is 0 Å². The van der Waals surface area contributed by atoms with E-state index in [1.165, 1.54) is 35.1 Å². The first-order valence-electron chi connectivity index (χ1n) is 12.4. The molecule has 0 saturated carbocycles. The highest BCUT2D eigenvalue weighted by atomic mass is 16.5. The van der Waals surface area contributed by atoms with Gasteiger partial charge in [0.25, 0.3) is 0 Å². The van der Waals surface area contributed by atoms with Crippen molar-refractivity contribution in [2.45, 2.75) is 50.4 Å². The van der Waals surface area contributed by atoms with Crippen LogP contribution in [0, 0.1) is 0 Å². The molecule has 4 rings (SSSR count). The van der Waals surface area contributed by atoms with Gasteiger partial charge < -0.3 is 18.9 Å². The summed E-state index contributed by atoms with van der Waals surface area (Å²) in [6, 6.07) is 15.0. The van der Waals surface area contributed by atoms with Crippen LogP contribution in [-0.4, -0.2) is 28.4 Å². The van der Waals surface area contributed by atoms with Crippen LogP contribution in [0.15, 0.2) is 54.9 Å². The number of rotatable bonds is 10. The molecule has 1 aliphatic carbocycles. The van der Waals surface area contributed by atoms with E-state index in [1.54, 1.807) is 28.4 Å². The molecule has 5 nitrogen and oxygen atoms in total. The van der Waals surface area contributed by atoms with Gasteiger partial charge in [0.05, 0.1) is 28.4 Å². The van der Waals surface area contributed by atoms with Crippen molar-refractivity contribution in [3.05, 3.63) is 77.1 Å². The van der Waals surface area contributed by atoms with Gasteiger partial charge in [0.1, 0.15) is 7.05 Å². The number of fused-ring (bicyclic) bond motifs is 1. The number of aryl methyl sites for hydroxylation is 4. The number of pyridine rings is 1. The quantitative estimate of drug-likeness (QED) is 0.368. The van der Waals surface area contributed by atoms with E-state index in [9.17, 15) is 0 Å². The van der Waals surface area contributed by atoms with Gasteiger partial charge in [-0.05, 0) is 91.3 Å². The minimum Gasteiger partial charge on any atom is -0.493 e. The Morgan fingerprint density at radius 2 is 1.29 bits per heavy atom. The molecule has 35 heavy (non-hydrogen) atoms.